The van der Waals surface area contributed by atoms with Crippen LogP contribution in [0.15, 0.2) is 12.3 Å². The fraction of sp³-hybridized carbons (Fsp3) is 0.583. The van der Waals surface area contributed by atoms with Crippen molar-refractivity contribution in [2.75, 3.05) is 31.2 Å². The Bertz CT molecular complexity index is 360. The molecule has 2 heterocycles. The maximum atomic E-state index is 9.53. The summed E-state index contributed by atoms with van der Waals surface area (Å²) >= 11 is 0. The molecule has 88 valence electrons. The third-order valence-electron chi connectivity index (χ3n) is 2.92. The molecule has 1 aromatic rings. The molecule has 1 saturated heterocycles. The number of aliphatic hydroxyl groups is 1. The van der Waals surface area contributed by atoms with Crippen LogP contribution in [0.25, 0.3) is 0 Å². The molecule has 1 aliphatic rings. The highest BCUT2D eigenvalue weighted by atomic mass is 16.5. The van der Waals surface area contributed by atoms with Crippen LogP contribution < -0.4 is 4.90 Å². The van der Waals surface area contributed by atoms with Crippen LogP contribution in [0.4, 0.5) is 5.82 Å². The molecule has 0 amide bonds. The van der Waals surface area contributed by atoms with Gasteiger partial charge in [0.1, 0.15) is 5.82 Å². The monoisotopic (exact) mass is 222 g/mol. The van der Waals surface area contributed by atoms with E-state index in [1.165, 1.54) is 0 Å². The Morgan fingerprint density at radius 1 is 1.44 bits per heavy atom. The maximum absolute atomic E-state index is 9.53. The number of hydrogen-bond donors (Lipinski definition) is 1. The predicted molar refractivity (Wildman–Crippen MR) is 62.6 cm³/mol. The van der Waals surface area contributed by atoms with E-state index < -0.39 is 6.10 Å². The van der Waals surface area contributed by atoms with E-state index in [4.69, 9.17) is 4.74 Å². The minimum absolute atomic E-state index is 0.453. The van der Waals surface area contributed by atoms with Crippen molar-refractivity contribution in [2.24, 2.45) is 0 Å². The Balaban J connectivity index is 2.19. The zero-order chi connectivity index (χ0) is 11.5. The molecule has 1 atom stereocenters. The van der Waals surface area contributed by atoms with Crippen molar-refractivity contribution in [3.63, 3.8) is 0 Å². The first-order valence-electron chi connectivity index (χ1n) is 5.66. The molecule has 1 aliphatic heterocycles. The van der Waals surface area contributed by atoms with Gasteiger partial charge in [-0.3, -0.25) is 0 Å². The van der Waals surface area contributed by atoms with Crippen molar-refractivity contribution < 1.29 is 9.84 Å². The molecule has 0 spiro atoms. The molecule has 0 aromatic carbocycles. The Kier molecular flexibility index (Phi) is 3.41. The molecule has 0 bridgehead atoms. The summed E-state index contributed by atoms with van der Waals surface area (Å²) in [6.45, 7) is 7.07. The molecular formula is C12H18N2O2. The first kappa shape index (κ1) is 11.4. The van der Waals surface area contributed by atoms with Crippen LogP contribution in [0.1, 0.15) is 24.2 Å². The van der Waals surface area contributed by atoms with E-state index in [9.17, 15) is 5.11 Å². The van der Waals surface area contributed by atoms with Gasteiger partial charge in [0.25, 0.3) is 0 Å². The van der Waals surface area contributed by atoms with E-state index in [0.717, 1.165) is 43.2 Å². The van der Waals surface area contributed by atoms with Gasteiger partial charge in [-0.1, -0.05) is 0 Å². The first-order chi connectivity index (χ1) is 7.68. The van der Waals surface area contributed by atoms with E-state index in [1.807, 2.05) is 13.0 Å². The highest BCUT2D eigenvalue weighted by molar-refractivity contribution is 5.44. The van der Waals surface area contributed by atoms with Crippen molar-refractivity contribution in [1.82, 2.24) is 4.98 Å². The van der Waals surface area contributed by atoms with Crippen LogP contribution in [0, 0.1) is 6.92 Å². The van der Waals surface area contributed by atoms with E-state index in [-0.39, 0.29) is 0 Å². The van der Waals surface area contributed by atoms with Crippen LogP contribution in [0.3, 0.4) is 0 Å². The van der Waals surface area contributed by atoms with Gasteiger partial charge in [0, 0.05) is 24.8 Å². The van der Waals surface area contributed by atoms with Crippen molar-refractivity contribution >= 4 is 5.82 Å². The maximum Gasteiger partial charge on any atom is 0.128 e. The Labute approximate surface area is 95.9 Å². The summed E-state index contributed by atoms with van der Waals surface area (Å²) in [7, 11) is 0. The quantitative estimate of drug-likeness (QED) is 0.818. The van der Waals surface area contributed by atoms with Crippen LogP contribution in [-0.2, 0) is 4.74 Å². The zero-order valence-electron chi connectivity index (χ0n) is 9.81. The van der Waals surface area contributed by atoms with Crippen molar-refractivity contribution in [3.05, 3.63) is 23.4 Å². The van der Waals surface area contributed by atoms with Crippen LogP contribution in [0.5, 0.6) is 0 Å². The molecule has 0 saturated carbocycles. The fourth-order valence-electron chi connectivity index (χ4n) is 1.95. The van der Waals surface area contributed by atoms with E-state index in [2.05, 4.69) is 9.88 Å². The van der Waals surface area contributed by atoms with Gasteiger partial charge in [-0.2, -0.15) is 0 Å². The van der Waals surface area contributed by atoms with Crippen molar-refractivity contribution in [2.45, 2.75) is 20.0 Å². The summed E-state index contributed by atoms with van der Waals surface area (Å²) < 4.78 is 5.30. The fourth-order valence-corrected chi connectivity index (χ4v) is 1.95. The minimum Gasteiger partial charge on any atom is -0.389 e. The summed E-state index contributed by atoms with van der Waals surface area (Å²) in [6, 6.07) is 2.04. The SMILES string of the molecule is Cc1cc(N2CCOCC2)ncc1C(C)O. The third kappa shape index (κ3) is 2.33. The van der Waals surface area contributed by atoms with Gasteiger partial charge < -0.3 is 14.7 Å². The molecule has 16 heavy (non-hydrogen) atoms. The van der Waals surface area contributed by atoms with Gasteiger partial charge in [0.15, 0.2) is 0 Å². The number of pyridine rings is 1. The van der Waals surface area contributed by atoms with Crippen LogP contribution in [0.2, 0.25) is 0 Å². The number of hydrogen-bond acceptors (Lipinski definition) is 4. The molecule has 2 rings (SSSR count). The number of ether oxygens (including phenoxy) is 1. The van der Waals surface area contributed by atoms with Crippen molar-refractivity contribution in [1.29, 1.82) is 0 Å². The second-order valence-electron chi connectivity index (χ2n) is 4.17. The number of aryl methyl sites for hydroxylation is 1. The zero-order valence-corrected chi connectivity index (χ0v) is 9.81. The standard InChI is InChI=1S/C12H18N2O2/c1-9-7-12(13-8-11(9)10(2)15)14-3-5-16-6-4-14/h7-8,10,15H,3-6H2,1-2H3. The number of morpholine rings is 1. The smallest absolute Gasteiger partial charge is 0.128 e. The van der Waals surface area contributed by atoms with Gasteiger partial charge in [-0.15, -0.1) is 0 Å². The molecular weight excluding hydrogens is 204 g/mol. The topological polar surface area (TPSA) is 45.6 Å². The normalized spacial score (nSPS) is 18.6. The summed E-state index contributed by atoms with van der Waals surface area (Å²) in [5.74, 6) is 0.977. The lowest BCUT2D eigenvalue weighted by Gasteiger charge is -2.28. The number of aromatic nitrogens is 1. The third-order valence-corrected chi connectivity index (χ3v) is 2.92. The molecule has 1 fully saturated rings. The average molecular weight is 222 g/mol. The minimum atomic E-state index is -0.453. The second-order valence-corrected chi connectivity index (χ2v) is 4.17. The lowest BCUT2D eigenvalue weighted by molar-refractivity contribution is 0.122. The lowest BCUT2D eigenvalue weighted by atomic mass is 10.1. The molecule has 1 N–H and O–H groups in total. The van der Waals surface area contributed by atoms with Gasteiger partial charge in [0.05, 0.1) is 19.3 Å². The van der Waals surface area contributed by atoms with E-state index in [1.54, 1.807) is 13.1 Å². The molecule has 1 aromatic heterocycles. The molecule has 4 nitrogen and oxygen atoms in total. The van der Waals surface area contributed by atoms with Gasteiger partial charge in [0.2, 0.25) is 0 Å². The summed E-state index contributed by atoms with van der Waals surface area (Å²) in [5, 5.41) is 9.53. The number of nitrogens with zero attached hydrogens (tertiary/aromatic N) is 2. The van der Waals surface area contributed by atoms with Crippen molar-refractivity contribution in [3.8, 4) is 0 Å². The number of rotatable bonds is 2. The van der Waals surface area contributed by atoms with Gasteiger partial charge in [-0.05, 0) is 25.5 Å². The number of aliphatic hydroxyl groups excluding tert-OH is 1. The highest BCUT2D eigenvalue weighted by Gasteiger charge is 2.14. The lowest BCUT2D eigenvalue weighted by Crippen LogP contribution is -2.36. The molecule has 4 heteroatoms. The Morgan fingerprint density at radius 2 is 2.12 bits per heavy atom. The van der Waals surface area contributed by atoms with E-state index in [0.29, 0.717) is 0 Å². The predicted octanol–water partition coefficient (Wildman–Crippen LogP) is 1.28. The molecule has 0 radical (unpaired) electrons. The van der Waals surface area contributed by atoms with Crippen LogP contribution >= 0.6 is 0 Å². The Morgan fingerprint density at radius 3 is 2.69 bits per heavy atom. The summed E-state index contributed by atoms with van der Waals surface area (Å²) in [6.07, 6.45) is 1.32. The largest absolute Gasteiger partial charge is 0.389 e. The molecule has 0 aliphatic carbocycles. The van der Waals surface area contributed by atoms with Gasteiger partial charge >= 0.3 is 0 Å². The number of anilines is 1. The highest BCUT2D eigenvalue weighted by Crippen LogP contribution is 2.21. The molecule has 1 unspecified atom stereocenters. The van der Waals surface area contributed by atoms with Gasteiger partial charge in [-0.25, -0.2) is 4.98 Å². The summed E-state index contributed by atoms with van der Waals surface area (Å²) in [5.41, 5.74) is 1.99. The average Bonchev–Trinajstić information content (AvgIpc) is 2.29. The Hall–Kier alpha value is -1.13. The summed E-state index contributed by atoms with van der Waals surface area (Å²) in [4.78, 5) is 6.61. The first-order valence-corrected chi connectivity index (χ1v) is 5.66. The van der Waals surface area contributed by atoms with Crippen LogP contribution in [-0.4, -0.2) is 36.4 Å². The van der Waals surface area contributed by atoms with E-state index >= 15 is 0 Å². The second kappa shape index (κ2) is 4.80.